The van der Waals surface area contributed by atoms with E-state index in [9.17, 15) is 14.0 Å². The van der Waals surface area contributed by atoms with Crippen molar-refractivity contribution in [3.05, 3.63) is 29.0 Å². The highest BCUT2D eigenvalue weighted by atomic mass is 35.5. The fourth-order valence-corrected chi connectivity index (χ4v) is 2.20. The lowest BCUT2D eigenvalue weighted by Crippen LogP contribution is -2.53. The van der Waals surface area contributed by atoms with E-state index in [1.54, 1.807) is 11.8 Å². The maximum Gasteiger partial charge on any atom is 0.241 e. The number of nitrogens with one attached hydrogen (secondary N) is 2. The predicted molar refractivity (Wildman–Crippen MR) is 74.1 cm³/mol. The summed E-state index contributed by atoms with van der Waals surface area (Å²) in [6, 6.07) is 3.30. The molecule has 1 aromatic rings. The molecule has 0 unspecified atom stereocenters. The van der Waals surface area contributed by atoms with Crippen molar-refractivity contribution in [3.8, 4) is 0 Å². The Balaban J connectivity index is 2.01. The molecule has 1 aliphatic rings. The largest absolute Gasteiger partial charge is 0.354 e. The first-order valence-electron chi connectivity index (χ1n) is 6.24. The first-order chi connectivity index (χ1) is 9.47. The lowest BCUT2D eigenvalue weighted by atomic mass is 10.2. The van der Waals surface area contributed by atoms with Crippen molar-refractivity contribution in [1.82, 2.24) is 10.2 Å². The molecular weight excluding hydrogens is 285 g/mol. The van der Waals surface area contributed by atoms with Crippen LogP contribution in [0.5, 0.6) is 0 Å². The van der Waals surface area contributed by atoms with Gasteiger partial charge in [-0.1, -0.05) is 11.6 Å². The molecule has 20 heavy (non-hydrogen) atoms. The van der Waals surface area contributed by atoms with E-state index < -0.39 is 11.9 Å². The number of carbonyl (C=O) groups is 2. The standard InChI is InChI=1S/C13H15ClFN3O2/c1-8(18-5-4-16-12(19)7-18)13(20)17-11-3-2-9(15)6-10(11)14/h2-3,6,8H,4-5,7H2,1H3,(H,16,19)(H,17,20)/t8-/m0/s1. The van der Waals surface area contributed by atoms with Gasteiger partial charge in [0.05, 0.1) is 23.3 Å². The molecule has 7 heteroatoms. The van der Waals surface area contributed by atoms with Gasteiger partial charge in [0.1, 0.15) is 5.82 Å². The summed E-state index contributed by atoms with van der Waals surface area (Å²) in [5, 5.41) is 5.47. The van der Waals surface area contributed by atoms with E-state index in [0.29, 0.717) is 18.8 Å². The Morgan fingerprint density at radius 2 is 2.30 bits per heavy atom. The Kier molecular flexibility index (Phi) is 4.57. The lowest BCUT2D eigenvalue weighted by Gasteiger charge is -2.31. The quantitative estimate of drug-likeness (QED) is 0.883. The van der Waals surface area contributed by atoms with E-state index in [4.69, 9.17) is 11.6 Å². The highest BCUT2D eigenvalue weighted by Crippen LogP contribution is 2.22. The number of halogens is 2. The fourth-order valence-electron chi connectivity index (χ4n) is 1.98. The van der Waals surface area contributed by atoms with E-state index in [0.717, 1.165) is 6.07 Å². The minimum absolute atomic E-state index is 0.101. The van der Waals surface area contributed by atoms with Crippen LogP contribution in [-0.2, 0) is 9.59 Å². The second-order valence-corrected chi connectivity index (χ2v) is 5.02. The van der Waals surface area contributed by atoms with Crippen LogP contribution in [0.3, 0.4) is 0 Å². The van der Waals surface area contributed by atoms with Gasteiger partial charge in [0.25, 0.3) is 0 Å². The molecule has 1 fully saturated rings. The zero-order valence-electron chi connectivity index (χ0n) is 11.0. The number of piperazine rings is 1. The summed E-state index contributed by atoms with van der Waals surface area (Å²) in [5.41, 5.74) is 0.353. The molecule has 5 nitrogen and oxygen atoms in total. The number of carbonyl (C=O) groups excluding carboxylic acids is 2. The van der Waals surface area contributed by atoms with Crippen molar-refractivity contribution < 1.29 is 14.0 Å². The molecule has 1 aliphatic heterocycles. The summed E-state index contributed by atoms with van der Waals surface area (Å²) < 4.78 is 12.9. The first-order valence-corrected chi connectivity index (χ1v) is 6.62. The van der Waals surface area contributed by atoms with Crippen LogP contribution in [0.15, 0.2) is 18.2 Å². The van der Waals surface area contributed by atoms with Crippen molar-refractivity contribution in [2.45, 2.75) is 13.0 Å². The highest BCUT2D eigenvalue weighted by molar-refractivity contribution is 6.33. The van der Waals surface area contributed by atoms with E-state index in [1.165, 1.54) is 12.1 Å². The van der Waals surface area contributed by atoms with Gasteiger partial charge in [0.15, 0.2) is 0 Å². The van der Waals surface area contributed by atoms with E-state index in [2.05, 4.69) is 10.6 Å². The smallest absolute Gasteiger partial charge is 0.241 e. The van der Waals surface area contributed by atoms with Crippen LogP contribution >= 0.6 is 11.6 Å². The molecule has 0 bridgehead atoms. The Morgan fingerprint density at radius 1 is 1.55 bits per heavy atom. The van der Waals surface area contributed by atoms with Crippen LogP contribution in [0.2, 0.25) is 5.02 Å². The van der Waals surface area contributed by atoms with Crippen LogP contribution in [0.1, 0.15) is 6.92 Å². The van der Waals surface area contributed by atoms with Gasteiger partial charge in [0, 0.05) is 13.1 Å². The van der Waals surface area contributed by atoms with Crippen LogP contribution in [-0.4, -0.2) is 42.4 Å². The second-order valence-electron chi connectivity index (χ2n) is 4.61. The maximum atomic E-state index is 12.9. The molecule has 0 radical (unpaired) electrons. The average Bonchev–Trinajstić information content (AvgIpc) is 2.41. The van der Waals surface area contributed by atoms with Gasteiger partial charge in [-0.2, -0.15) is 0 Å². The predicted octanol–water partition coefficient (Wildman–Crippen LogP) is 1.24. The van der Waals surface area contributed by atoms with Crippen LogP contribution in [0, 0.1) is 5.82 Å². The molecule has 0 aliphatic carbocycles. The molecule has 1 heterocycles. The normalized spacial score (nSPS) is 17.4. The maximum absolute atomic E-state index is 12.9. The summed E-state index contributed by atoms with van der Waals surface area (Å²) >= 11 is 5.85. The molecule has 108 valence electrons. The highest BCUT2D eigenvalue weighted by Gasteiger charge is 2.26. The van der Waals surface area contributed by atoms with Crippen molar-refractivity contribution in [3.63, 3.8) is 0 Å². The molecular formula is C13H15ClFN3O2. The number of hydrogen-bond donors (Lipinski definition) is 2. The van der Waals surface area contributed by atoms with Gasteiger partial charge in [-0.25, -0.2) is 4.39 Å². The third kappa shape index (κ3) is 3.46. The number of rotatable bonds is 3. The summed E-state index contributed by atoms with van der Waals surface area (Å²) in [7, 11) is 0. The Labute approximate surface area is 121 Å². The summed E-state index contributed by atoms with van der Waals surface area (Å²) in [6.45, 7) is 3.03. The van der Waals surface area contributed by atoms with Crippen molar-refractivity contribution in [1.29, 1.82) is 0 Å². The molecule has 0 spiro atoms. The van der Waals surface area contributed by atoms with Crippen LogP contribution in [0.4, 0.5) is 10.1 Å². The minimum Gasteiger partial charge on any atom is -0.354 e. The van der Waals surface area contributed by atoms with Crippen LogP contribution < -0.4 is 10.6 Å². The van der Waals surface area contributed by atoms with E-state index >= 15 is 0 Å². The van der Waals surface area contributed by atoms with Crippen LogP contribution in [0.25, 0.3) is 0 Å². The van der Waals surface area contributed by atoms with Gasteiger partial charge in [-0.15, -0.1) is 0 Å². The summed E-state index contributed by atoms with van der Waals surface area (Å²) in [4.78, 5) is 25.2. The molecule has 2 rings (SSSR count). The number of benzene rings is 1. The van der Waals surface area contributed by atoms with Gasteiger partial charge in [-0.3, -0.25) is 14.5 Å². The van der Waals surface area contributed by atoms with Crippen molar-refractivity contribution in [2.24, 2.45) is 0 Å². The van der Waals surface area contributed by atoms with Gasteiger partial charge in [0.2, 0.25) is 11.8 Å². The fraction of sp³-hybridized carbons (Fsp3) is 0.385. The minimum atomic E-state index is -0.470. The number of anilines is 1. The Bertz CT molecular complexity index is 538. The Hall–Kier alpha value is -1.66. The van der Waals surface area contributed by atoms with Crippen molar-refractivity contribution >= 4 is 29.1 Å². The zero-order chi connectivity index (χ0) is 14.7. The lowest BCUT2D eigenvalue weighted by molar-refractivity contribution is -0.127. The van der Waals surface area contributed by atoms with Gasteiger partial charge in [-0.05, 0) is 25.1 Å². The van der Waals surface area contributed by atoms with Crippen molar-refractivity contribution in [2.75, 3.05) is 25.0 Å². The third-order valence-corrected chi connectivity index (χ3v) is 3.50. The van der Waals surface area contributed by atoms with Gasteiger partial charge >= 0.3 is 0 Å². The summed E-state index contributed by atoms with van der Waals surface area (Å²) in [6.07, 6.45) is 0. The summed E-state index contributed by atoms with van der Waals surface area (Å²) in [5.74, 6) is -0.849. The molecule has 1 saturated heterocycles. The number of amides is 2. The van der Waals surface area contributed by atoms with Gasteiger partial charge < -0.3 is 10.6 Å². The third-order valence-electron chi connectivity index (χ3n) is 3.18. The number of nitrogens with zero attached hydrogens (tertiary/aromatic N) is 1. The molecule has 0 aromatic heterocycles. The monoisotopic (exact) mass is 299 g/mol. The molecule has 1 atom stereocenters. The van der Waals surface area contributed by atoms with E-state index in [-0.39, 0.29) is 23.4 Å². The second kappa shape index (κ2) is 6.19. The molecule has 2 amide bonds. The average molecular weight is 300 g/mol. The SMILES string of the molecule is C[C@@H](C(=O)Nc1ccc(F)cc1Cl)N1CCNC(=O)C1. The molecule has 2 N–H and O–H groups in total. The topological polar surface area (TPSA) is 61.4 Å². The Morgan fingerprint density at radius 3 is 2.95 bits per heavy atom. The molecule has 1 aromatic carbocycles. The molecule has 0 saturated carbocycles. The number of hydrogen-bond acceptors (Lipinski definition) is 3. The zero-order valence-corrected chi connectivity index (χ0v) is 11.7. The first kappa shape index (κ1) is 14.7. The van der Waals surface area contributed by atoms with E-state index in [1.807, 2.05) is 0 Å².